The number of carbonyl (C=O) groups is 1. The first-order valence-corrected chi connectivity index (χ1v) is 10.6. The second kappa shape index (κ2) is 11.2. The molecule has 0 bridgehead atoms. The molecular weight excluding hydrogens is 356 g/mol. The summed E-state index contributed by atoms with van der Waals surface area (Å²) in [5.41, 5.74) is 2.33. The van der Waals surface area contributed by atoms with Gasteiger partial charge in [0.05, 0.1) is 6.54 Å². The SMILES string of the molecule is CCCCCCC(=O)N(Cc1cccn1Cc1cccc(Cl)c1)[C@H](C)CC. The molecule has 0 fully saturated rings. The molecule has 0 radical (unpaired) electrons. The van der Waals surface area contributed by atoms with Gasteiger partial charge in [0.1, 0.15) is 0 Å². The van der Waals surface area contributed by atoms with Gasteiger partial charge in [0, 0.05) is 35.9 Å². The first-order chi connectivity index (χ1) is 13.0. The molecule has 0 spiro atoms. The van der Waals surface area contributed by atoms with Crippen molar-refractivity contribution in [3.05, 3.63) is 58.9 Å². The monoisotopic (exact) mass is 388 g/mol. The van der Waals surface area contributed by atoms with Crippen LogP contribution in [-0.4, -0.2) is 21.4 Å². The van der Waals surface area contributed by atoms with Gasteiger partial charge >= 0.3 is 0 Å². The number of aromatic nitrogens is 1. The molecule has 0 aliphatic carbocycles. The number of unbranched alkanes of at least 4 members (excludes halogenated alkanes) is 3. The van der Waals surface area contributed by atoms with Crippen LogP contribution in [0.2, 0.25) is 5.02 Å². The third-order valence-electron chi connectivity index (χ3n) is 5.19. The summed E-state index contributed by atoms with van der Waals surface area (Å²) in [4.78, 5) is 14.9. The maximum absolute atomic E-state index is 12.8. The summed E-state index contributed by atoms with van der Waals surface area (Å²) >= 11 is 6.12. The molecule has 1 aromatic heterocycles. The highest BCUT2D eigenvalue weighted by atomic mass is 35.5. The molecule has 4 heteroatoms. The third kappa shape index (κ3) is 6.73. The second-order valence-corrected chi connectivity index (χ2v) is 7.78. The quantitative estimate of drug-likeness (QED) is 0.415. The smallest absolute Gasteiger partial charge is 0.223 e. The zero-order valence-electron chi connectivity index (χ0n) is 17.0. The summed E-state index contributed by atoms with van der Waals surface area (Å²) in [5.74, 6) is 0.274. The van der Waals surface area contributed by atoms with Crippen molar-refractivity contribution in [1.82, 2.24) is 9.47 Å². The standard InChI is InChI=1S/C23H33ClN2O/c1-4-6-7-8-14-23(27)26(19(3)5-2)18-22-13-10-15-25(22)17-20-11-9-12-21(24)16-20/h9-13,15-16,19H,4-8,14,17-18H2,1-3H3/t19-/m1/s1. The lowest BCUT2D eigenvalue weighted by Gasteiger charge is -2.29. The number of nitrogens with zero attached hydrogens (tertiary/aromatic N) is 2. The third-order valence-corrected chi connectivity index (χ3v) is 5.42. The Hall–Kier alpha value is -1.74. The van der Waals surface area contributed by atoms with Crippen LogP contribution in [0.1, 0.15) is 70.6 Å². The van der Waals surface area contributed by atoms with Crippen LogP contribution >= 0.6 is 11.6 Å². The number of halogens is 1. The Morgan fingerprint density at radius 3 is 2.67 bits per heavy atom. The number of amides is 1. The van der Waals surface area contributed by atoms with Crippen molar-refractivity contribution in [2.75, 3.05) is 0 Å². The normalized spacial score (nSPS) is 12.1. The predicted molar refractivity (Wildman–Crippen MR) is 114 cm³/mol. The average Bonchev–Trinajstić information content (AvgIpc) is 3.09. The number of hydrogen-bond donors (Lipinski definition) is 0. The zero-order chi connectivity index (χ0) is 19.6. The maximum atomic E-state index is 12.8. The summed E-state index contributed by atoms with van der Waals surface area (Å²) in [6.07, 6.45) is 8.23. The highest BCUT2D eigenvalue weighted by molar-refractivity contribution is 6.30. The van der Waals surface area contributed by atoms with Crippen molar-refractivity contribution in [2.24, 2.45) is 0 Å². The van der Waals surface area contributed by atoms with E-state index in [1.807, 2.05) is 18.2 Å². The largest absolute Gasteiger partial charge is 0.345 e. The summed E-state index contributed by atoms with van der Waals surface area (Å²) in [6.45, 7) is 7.92. The molecule has 2 rings (SSSR count). The average molecular weight is 389 g/mol. The van der Waals surface area contributed by atoms with Crippen molar-refractivity contribution in [2.45, 2.75) is 78.4 Å². The van der Waals surface area contributed by atoms with Crippen LogP contribution in [0.25, 0.3) is 0 Å². The lowest BCUT2D eigenvalue weighted by Crippen LogP contribution is -2.38. The first-order valence-electron chi connectivity index (χ1n) is 10.2. The van der Waals surface area contributed by atoms with E-state index in [1.165, 1.54) is 18.4 Å². The van der Waals surface area contributed by atoms with Crippen molar-refractivity contribution in [3.8, 4) is 0 Å². The minimum absolute atomic E-state index is 0.248. The van der Waals surface area contributed by atoms with Crippen LogP contribution in [0.15, 0.2) is 42.6 Å². The molecule has 0 aliphatic heterocycles. The Kier molecular flexibility index (Phi) is 8.93. The van der Waals surface area contributed by atoms with E-state index >= 15 is 0 Å². The summed E-state index contributed by atoms with van der Waals surface area (Å²) in [7, 11) is 0. The van der Waals surface area contributed by atoms with Gasteiger partial charge in [-0.25, -0.2) is 0 Å². The maximum Gasteiger partial charge on any atom is 0.223 e. The van der Waals surface area contributed by atoms with Gasteiger partial charge in [-0.15, -0.1) is 0 Å². The van der Waals surface area contributed by atoms with Crippen molar-refractivity contribution < 1.29 is 4.79 Å². The Balaban J connectivity index is 2.07. The van der Waals surface area contributed by atoms with E-state index in [4.69, 9.17) is 11.6 Å². The highest BCUT2D eigenvalue weighted by Crippen LogP contribution is 2.17. The molecule has 1 aromatic carbocycles. The molecule has 0 saturated heterocycles. The lowest BCUT2D eigenvalue weighted by atomic mass is 10.1. The van der Waals surface area contributed by atoms with Crippen molar-refractivity contribution in [1.29, 1.82) is 0 Å². The minimum Gasteiger partial charge on any atom is -0.345 e. The molecule has 0 N–H and O–H groups in total. The van der Waals surface area contributed by atoms with Crippen LogP contribution in [-0.2, 0) is 17.9 Å². The van der Waals surface area contributed by atoms with Crippen LogP contribution in [0, 0.1) is 0 Å². The van der Waals surface area contributed by atoms with E-state index < -0.39 is 0 Å². The van der Waals surface area contributed by atoms with Gasteiger partial charge in [-0.05, 0) is 49.6 Å². The van der Waals surface area contributed by atoms with Gasteiger partial charge in [0.2, 0.25) is 5.91 Å². The molecule has 0 unspecified atom stereocenters. The highest BCUT2D eigenvalue weighted by Gasteiger charge is 2.20. The fourth-order valence-corrected chi connectivity index (χ4v) is 3.52. The number of benzene rings is 1. The molecule has 1 atom stereocenters. The zero-order valence-corrected chi connectivity index (χ0v) is 17.7. The molecule has 1 amide bonds. The Labute approximate surface area is 169 Å². The molecular formula is C23H33ClN2O. The number of carbonyl (C=O) groups excluding carboxylic acids is 1. The van der Waals surface area contributed by atoms with Crippen LogP contribution < -0.4 is 0 Å². The van der Waals surface area contributed by atoms with E-state index in [0.29, 0.717) is 13.0 Å². The van der Waals surface area contributed by atoms with Crippen LogP contribution in [0.4, 0.5) is 0 Å². The van der Waals surface area contributed by atoms with E-state index in [0.717, 1.165) is 36.5 Å². The van der Waals surface area contributed by atoms with Gasteiger partial charge in [0.15, 0.2) is 0 Å². The van der Waals surface area contributed by atoms with E-state index in [1.54, 1.807) is 0 Å². The van der Waals surface area contributed by atoms with Gasteiger partial charge in [-0.3, -0.25) is 4.79 Å². The van der Waals surface area contributed by atoms with Crippen LogP contribution in [0.3, 0.4) is 0 Å². The molecule has 148 valence electrons. The summed E-state index contributed by atoms with van der Waals surface area (Å²) < 4.78 is 2.21. The fraction of sp³-hybridized carbons (Fsp3) is 0.522. The lowest BCUT2D eigenvalue weighted by molar-refractivity contribution is -0.134. The van der Waals surface area contributed by atoms with E-state index in [2.05, 4.69) is 54.6 Å². The second-order valence-electron chi connectivity index (χ2n) is 7.35. The molecule has 27 heavy (non-hydrogen) atoms. The van der Waals surface area contributed by atoms with E-state index in [9.17, 15) is 4.79 Å². The Morgan fingerprint density at radius 1 is 1.15 bits per heavy atom. The fourth-order valence-electron chi connectivity index (χ4n) is 3.31. The topological polar surface area (TPSA) is 25.2 Å². The Bertz CT molecular complexity index is 710. The van der Waals surface area contributed by atoms with Gasteiger partial charge in [0.25, 0.3) is 0 Å². The summed E-state index contributed by atoms with van der Waals surface area (Å²) in [6, 6.07) is 12.4. The molecule has 0 saturated carbocycles. The molecule has 3 nitrogen and oxygen atoms in total. The molecule has 1 heterocycles. The van der Waals surface area contributed by atoms with Gasteiger partial charge < -0.3 is 9.47 Å². The summed E-state index contributed by atoms with van der Waals surface area (Å²) in [5, 5.41) is 0.754. The first kappa shape index (κ1) is 21.6. The number of hydrogen-bond acceptors (Lipinski definition) is 1. The minimum atomic E-state index is 0.248. The predicted octanol–water partition coefficient (Wildman–Crippen LogP) is 6.29. The van der Waals surface area contributed by atoms with Crippen molar-refractivity contribution >= 4 is 17.5 Å². The van der Waals surface area contributed by atoms with Crippen molar-refractivity contribution in [3.63, 3.8) is 0 Å². The molecule has 0 aliphatic rings. The van der Waals surface area contributed by atoms with Gasteiger partial charge in [-0.1, -0.05) is 56.8 Å². The van der Waals surface area contributed by atoms with E-state index in [-0.39, 0.29) is 11.9 Å². The Morgan fingerprint density at radius 2 is 1.96 bits per heavy atom. The van der Waals surface area contributed by atoms with Crippen LogP contribution in [0.5, 0.6) is 0 Å². The van der Waals surface area contributed by atoms with Gasteiger partial charge in [-0.2, -0.15) is 0 Å². The number of rotatable bonds is 11. The molecule has 2 aromatic rings.